The van der Waals surface area contributed by atoms with Crippen molar-refractivity contribution < 1.29 is 28.8 Å². The standard InChI is InChI=1S/C28H24ClN3O6/c1-16-23(31-28(36)37-17(2)21-10-6-7-11-22(21)29)25(38-32-16)19-12-14-20(15-13-19)26(33)30-24(27(34)35)18-8-4-3-5-9-18/h3-15,17,24H,1-2H3,(H,30,33)(H,31,36)(H,34,35). The van der Waals surface area contributed by atoms with Crippen LogP contribution in [0, 0.1) is 6.92 Å². The van der Waals surface area contributed by atoms with Crippen LogP contribution in [-0.2, 0) is 9.53 Å². The Labute approximate surface area is 223 Å². The molecule has 0 radical (unpaired) electrons. The highest BCUT2D eigenvalue weighted by Crippen LogP contribution is 2.32. The summed E-state index contributed by atoms with van der Waals surface area (Å²) in [5.41, 5.74) is 2.64. The fourth-order valence-electron chi connectivity index (χ4n) is 3.79. The van der Waals surface area contributed by atoms with Gasteiger partial charge in [-0.05, 0) is 37.6 Å². The van der Waals surface area contributed by atoms with Gasteiger partial charge in [0.25, 0.3) is 5.91 Å². The maximum absolute atomic E-state index is 12.7. The van der Waals surface area contributed by atoms with E-state index in [0.717, 1.165) is 0 Å². The molecule has 1 heterocycles. The van der Waals surface area contributed by atoms with Gasteiger partial charge in [0.15, 0.2) is 11.8 Å². The number of aryl methyl sites for hydroxylation is 1. The van der Waals surface area contributed by atoms with E-state index < -0.39 is 30.1 Å². The predicted octanol–water partition coefficient (Wildman–Crippen LogP) is 6.17. The van der Waals surface area contributed by atoms with Gasteiger partial charge in [-0.2, -0.15) is 0 Å². The van der Waals surface area contributed by atoms with Gasteiger partial charge in [0, 0.05) is 21.7 Å². The number of carbonyl (C=O) groups is 3. The van der Waals surface area contributed by atoms with Gasteiger partial charge in [0.1, 0.15) is 17.5 Å². The van der Waals surface area contributed by atoms with E-state index in [0.29, 0.717) is 33.1 Å². The van der Waals surface area contributed by atoms with Crippen molar-refractivity contribution in [2.24, 2.45) is 0 Å². The summed E-state index contributed by atoms with van der Waals surface area (Å²) >= 11 is 6.19. The number of anilines is 1. The van der Waals surface area contributed by atoms with Crippen molar-refractivity contribution in [1.29, 1.82) is 0 Å². The molecule has 194 valence electrons. The molecule has 2 atom stereocenters. The van der Waals surface area contributed by atoms with Crippen LogP contribution in [0.3, 0.4) is 0 Å². The fraction of sp³-hybridized carbons (Fsp3) is 0.143. The molecule has 0 aliphatic heterocycles. The predicted molar refractivity (Wildman–Crippen MR) is 141 cm³/mol. The molecule has 0 bridgehead atoms. The number of amides is 2. The summed E-state index contributed by atoms with van der Waals surface area (Å²) in [4.78, 5) is 37.1. The number of carboxylic acid groups (broad SMARTS) is 1. The van der Waals surface area contributed by atoms with Crippen molar-refractivity contribution in [2.45, 2.75) is 26.0 Å². The highest BCUT2D eigenvalue weighted by atomic mass is 35.5. The summed E-state index contributed by atoms with van der Waals surface area (Å²) in [5, 5.41) is 19.2. The van der Waals surface area contributed by atoms with Crippen molar-refractivity contribution in [1.82, 2.24) is 10.5 Å². The lowest BCUT2D eigenvalue weighted by molar-refractivity contribution is -0.139. The molecule has 4 rings (SSSR count). The zero-order valence-corrected chi connectivity index (χ0v) is 21.2. The minimum absolute atomic E-state index is 0.245. The highest BCUT2D eigenvalue weighted by Gasteiger charge is 2.24. The van der Waals surface area contributed by atoms with Gasteiger partial charge in [-0.15, -0.1) is 0 Å². The Hall–Kier alpha value is -4.63. The van der Waals surface area contributed by atoms with Crippen molar-refractivity contribution in [3.05, 3.63) is 106 Å². The van der Waals surface area contributed by atoms with Crippen LogP contribution in [0.15, 0.2) is 83.4 Å². The second-order valence-corrected chi connectivity index (χ2v) is 8.81. The SMILES string of the molecule is Cc1noc(-c2ccc(C(=O)NC(C(=O)O)c3ccccc3)cc2)c1NC(=O)OC(C)c1ccccc1Cl. The van der Waals surface area contributed by atoms with Gasteiger partial charge in [0.2, 0.25) is 0 Å². The number of benzene rings is 3. The third-order valence-corrected chi connectivity index (χ3v) is 6.13. The molecule has 38 heavy (non-hydrogen) atoms. The lowest BCUT2D eigenvalue weighted by atomic mass is 10.1. The number of nitrogens with one attached hydrogen (secondary N) is 2. The van der Waals surface area contributed by atoms with E-state index in [1.165, 1.54) is 12.1 Å². The molecule has 3 aromatic carbocycles. The number of halogens is 1. The first-order valence-electron chi connectivity index (χ1n) is 11.6. The molecule has 4 aromatic rings. The molecule has 2 amide bonds. The third-order valence-electron chi connectivity index (χ3n) is 5.78. The van der Waals surface area contributed by atoms with Crippen molar-refractivity contribution in [2.75, 3.05) is 5.32 Å². The average molecular weight is 534 g/mol. The van der Waals surface area contributed by atoms with E-state index in [4.69, 9.17) is 20.9 Å². The van der Waals surface area contributed by atoms with Gasteiger partial charge >= 0.3 is 12.1 Å². The van der Waals surface area contributed by atoms with E-state index >= 15 is 0 Å². The van der Waals surface area contributed by atoms with Crippen LogP contribution in [0.2, 0.25) is 5.02 Å². The number of ether oxygens (including phenoxy) is 1. The summed E-state index contributed by atoms with van der Waals surface area (Å²) in [7, 11) is 0. The Morgan fingerprint density at radius 2 is 1.63 bits per heavy atom. The van der Waals surface area contributed by atoms with Crippen molar-refractivity contribution in [3.63, 3.8) is 0 Å². The van der Waals surface area contributed by atoms with Crippen molar-refractivity contribution in [3.8, 4) is 11.3 Å². The number of carbonyl (C=O) groups excluding carboxylic acids is 2. The fourth-order valence-corrected chi connectivity index (χ4v) is 4.08. The van der Waals surface area contributed by atoms with E-state index in [2.05, 4.69) is 15.8 Å². The monoisotopic (exact) mass is 533 g/mol. The van der Waals surface area contributed by atoms with Gasteiger partial charge < -0.3 is 19.7 Å². The first-order chi connectivity index (χ1) is 18.2. The first kappa shape index (κ1) is 26.4. The largest absolute Gasteiger partial charge is 0.479 e. The number of aromatic nitrogens is 1. The molecular formula is C28H24ClN3O6. The number of nitrogens with zero attached hydrogens (tertiary/aromatic N) is 1. The molecule has 3 N–H and O–H groups in total. The second kappa shape index (κ2) is 11.6. The molecular weight excluding hydrogens is 510 g/mol. The maximum atomic E-state index is 12.7. The molecule has 0 spiro atoms. The number of hydrogen-bond acceptors (Lipinski definition) is 6. The van der Waals surface area contributed by atoms with Crippen LogP contribution < -0.4 is 10.6 Å². The smallest absolute Gasteiger partial charge is 0.412 e. The van der Waals surface area contributed by atoms with Gasteiger partial charge in [0.05, 0.1) is 0 Å². The van der Waals surface area contributed by atoms with Gasteiger partial charge in [-0.25, -0.2) is 9.59 Å². The topological polar surface area (TPSA) is 131 Å². The van der Waals surface area contributed by atoms with Crippen LogP contribution in [-0.4, -0.2) is 28.2 Å². The Kier molecular flexibility index (Phi) is 8.08. The Bertz CT molecular complexity index is 1450. The van der Waals surface area contributed by atoms with Crippen LogP contribution in [0.1, 0.15) is 46.2 Å². The Morgan fingerprint density at radius 1 is 0.974 bits per heavy atom. The summed E-state index contributed by atoms with van der Waals surface area (Å²) < 4.78 is 10.9. The van der Waals surface area contributed by atoms with E-state index in [9.17, 15) is 19.5 Å². The molecule has 2 unspecified atom stereocenters. The molecule has 0 aliphatic rings. The minimum atomic E-state index is -1.20. The number of aliphatic carboxylic acids is 1. The zero-order valence-electron chi connectivity index (χ0n) is 20.5. The second-order valence-electron chi connectivity index (χ2n) is 8.40. The lowest BCUT2D eigenvalue weighted by Gasteiger charge is -2.16. The average Bonchev–Trinajstić information content (AvgIpc) is 3.27. The van der Waals surface area contributed by atoms with Crippen LogP contribution in [0.4, 0.5) is 10.5 Å². The summed E-state index contributed by atoms with van der Waals surface area (Å²) in [5.74, 6) is -1.47. The number of hydrogen-bond donors (Lipinski definition) is 3. The van der Waals surface area contributed by atoms with Gasteiger partial charge in [-0.3, -0.25) is 10.1 Å². The van der Waals surface area contributed by atoms with Crippen molar-refractivity contribution >= 4 is 35.3 Å². The summed E-state index contributed by atoms with van der Waals surface area (Å²) in [6, 6.07) is 20.5. The number of rotatable bonds is 8. The lowest BCUT2D eigenvalue weighted by Crippen LogP contribution is -2.33. The van der Waals surface area contributed by atoms with E-state index in [-0.39, 0.29) is 11.3 Å². The third kappa shape index (κ3) is 6.01. The quantitative estimate of drug-likeness (QED) is 0.247. The molecule has 0 saturated heterocycles. The van der Waals surface area contributed by atoms with Crippen LogP contribution in [0.25, 0.3) is 11.3 Å². The van der Waals surface area contributed by atoms with Gasteiger partial charge in [-0.1, -0.05) is 77.4 Å². The molecule has 0 aliphatic carbocycles. The first-order valence-corrected chi connectivity index (χ1v) is 12.0. The molecule has 1 aromatic heterocycles. The summed E-state index contributed by atoms with van der Waals surface area (Å²) in [6.07, 6.45) is -1.32. The highest BCUT2D eigenvalue weighted by molar-refractivity contribution is 6.31. The maximum Gasteiger partial charge on any atom is 0.412 e. The zero-order chi connectivity index (χ0) is 27.2. The molecule has 0 saturated carbocycles. The molecule has 9 nitrogen and oxygen atoms in total. The Morgan fingerprint density at radius 3 is 2.29 bits per heavy atom. The van der Waals surface area contributed by atoms with E-state index in [1.54, 1.807) is 80.6 Å². The van der Waals surface area contributed by atoms with Crippen LogP contribution in [0.5, 0.6) is 0 Å². The number of carboxylic acids is 1. The Balaban J connectivity index is 1.47. The summed E-state index contributed by atoms with van der Waals surface area (Å²) in [6.45, 7) is 3.37. The van der Waals surface area contributed by atoms with E-state index in [1.807, 2.05) is 0 Å². The van der Waals surface area contributed by atoms with Crippen LogP contribution >= 0.6 is 11.6 Å². The normalized spacial score (nSPS) is 12.3. The minimum Gasteiger partial charge on any atom is -0.479 e. The molecule has 10 heteroatoms. The molecule has 0 fully saturated rings.